The highest BCUT2D eigenvalue weighted by Gasteiger charge is 2.31. The van der Waals surface area contributed by atoms with Gasteiger partial charge in [-0.25, -0.2) is 0 Å². The molecule has 9 heteroatoms. The number of aliphatic imine (C=N–C) groups is 1. The van der Waals surface area contributed by atoms with Crippen LogP contribution in [0.5, 0.6) is 0 Å². The van der Waals surface area contributed by atoms with Gasteiger partial charge in [-0.2, -0.15) is 10.5 Å². The van der Waals surface area contributed by atoms with Crippen molar-refractivity contribution in [1.29, 1.82) is 10.5 Å². The molecule has 0 saturated carbocycles. The number of hydrogen-bond donors (Lipinski definition) is 1. The molecule has 0 spiro atoms. The van der Waals surface area contributed by atoms with Crippen LogP contribution in [0.15, 0.2) is 41.5 Å². The van der Waals surface area contributed by atoms with Crippen LogP contribution in [-0.4, -0.2) is 64.7 Å². The lowest BCUT2D eigenvalue weighted by atomic mass is 10.1. The van der Waals surface area contributed by atoms with Crippen molar-refractivity contribution in [2.45, 2.75) is 38.1 Å². The number of nitriles is 2. The van der Waals surface area contributed by atoms with E-state index in [9.17, 15) is 20.1 Å². The van der Waals surface area contributed by atoms with Gasteiger partial charge in [0.25, 0.3) is 0 Å². The lowest BCUT2D eigenvalue weighted by molar-refractivity contribution is -0.140. The molecule has 1 aromatic heterocycles. The number of hydrogen-bond acceptors (Lipinski definition) is 6. The molecule has 1 aromatic carbocycles. The zero-order chi connectivity index (χ0) is 23.9. The van der Waals surface area contributed by atoms with Crippen LogP contribution in [0.2, 0.25) is 0 Å². The third kappa shape index (κ3) is 5.32. The summed E-state index contributed by atoms with van der Waals surface area (Å²) in [7, 11) is 0. The van der Waals surface area contributed by atoms with Gasteiger partial charge in [-0.3, -0.25) is 19.6 Å². The number of amidine groups is 1. The molecular formula is C25H27N7O2. The SMILES string of the molecule is N#CC(C#N)C(=N[C@H]1CCCCN(CC(=O)N2CCCC2)C1=O)Nc1ccc2ncccc2c1. The number of rotatable bonds is 5. The summed E-state index contributed by atoms with van der Waals surface area (Å²) in [5.74, 6) is -1.29. The minimum absolute atomic E-state index is 0.0365. The second-order valence-corrected chi connectivity index (χ2v) is 8.60. The van der Waals surface area contributed by atoms with E-state index in [0.717, 1.165) is 49.7 Å². The lowest BCUT2D eigenvalue weighted by Crippen LogP contribution is -2.45. The fourth-order valence-electron chi connectivity index (χ4n) is 4.39. The van der Waals surface area contributed by atoms with Gasteiger partial charge >= 0.3 is 0 Å². The Hall–Kier alpha value is -3.98. The molecule has 1 atom stereocenters. The first-order valence-corrected chi connectivity index (χ1v) is 11.6. The van der Waals surface area contributed by atoms with Crippen molar-refractivity contribution in [2.24, 2.45) is 10.9 Å². The molecule has 34 heavy (non-hydrogen) atoms. The number of pyridine rings is 1. The average molecular weight is 458 g/mol. The van der Waals surface area contributed by atoms with Gasteiger partial charge in [0.2, 0.25) is 11.8 Å². The molecule has 2 aliphatic rings. The summed E-state index contributed by atoms with van der Waals surface area (Å²) in [6.07, 6.45) is 5.76. The summed E-state index contributed by atoms with van der Waals surface area (Å²) in [6, 6.07) is 12.4. The van der Waals surface area contributed by atoms with E-state index in [1.807, 2.05) is 36.4 Å². The Kier molecular flexibility index (Phi) is 7.34. The molecule has 3 heterocycles. The molecule has 0 bridgehead atoms. The van der Waals surface area contributed by atoms with Crippen molar-refractivity contribution in [3.05, 3.63) is 36.5 Å². The minimum atomic E-state index is -1.15. The van der Waals surface area contributed by atoms with Crippen molar-refractivity contribution < 1.29 is 9.59 Å². The van der Waals surface area contributed by atoms with Crippen LogP contribution in [0, 0.1) is 28.6 Å². The number of amides is 2. The molecule has 2 aromatic rings. The van der Waals surface area contributed by atoms with Gasteiger partial charge < -0.3 is 15.1 Å². The second-order valence-electron chi connectivity index (χ2n) is 8.60. The minimum Gasteiger partial charge on any atom is -0.342 e. The van der Waals surface area contributed by atoms with Crippen LogP contribution in [0.1, 0.15) is 32.1 Å². The molecule has 2 fully saturated rings. The van der Waals surface area contributed by atoms with Gasteiger partial charge in [-0.15, -0.1) is 0 Å². The first-order chi connectivity index (χ1) is 16.6. The van der Waals surface area contributed by atoms with E-state index < -0.39 is 12.0 Å². The van der Waals surface area contributed by atoms with Crippen LogP contribution in [0.25, 0.3) is 10.9 Å². The van der Waals surface area contributed by atoms with Crippen LogP contribution in [0.3, 0.4) is 0 Å². The van der Waals surface area contributed by atoms with Gasteiger partial charge in [0.15, 0.2) is 5.92 Å². The van der Waals surface area contributed by atoms with Crippen LogP contribution in [-0.2, 0) is 9.59 Å². The van der Waals surface area contributed by atoms with Crippen molar-refractivity contribution >= 4 is 34.2 Å². The fourth-order valence-corrected chi connectivity index (χ4v) is 4.39. The Morgan fingerprint density at radius 3 is 2.68 bits per heavy atom. The molecule has 0 aliphatic carbocycles. The molecule has 1 N–H and O–H groups in total. The number of anilines is 1. The summed E-state index contributed by atoms with van der Waals surface area (Å²) in [6.45, 7) is 2.03. The van der Waals surface area contributed by atoms with E-state index in [1.165, 1.54) is 0 Å². The van der Waals surface area contributed by atoms with E-state index in [-0.39, 0.29) is 24.2 Å². The fraction of sp³-hybridized carbons (Fsp3) is 0.440. The van der Waals surface area contributed by atoms with Crippen molar-refractivity contribution in [1.82, 2.24) is 14.8 Å². The third-order valence-corrected chi connectivity index (χ3v) is 6.24. The summed E-state index contributed by atoms with van der Waals surface area (Å²) in [5, 5.41) is 23.1. The molecule has 2 aliphatic heterocycles. The number of fused-ring (bicyclic) bond motifs is 1. The Bertz CT molecular complexity index is 1160. The topological polar surface area (TPSA) is 125 Å². The third-order valence-electron chi connectivity index (χ3n) is 6.24. The summed E-state index contributed by atoms with van der Waals surface area (Å²) in [4.78, 5) is 38.2. The Morgan fingerprint density at radius 2 is 1.91 bits per heavy atom. The molecule has 4 rings (SSSR count). The van der Waals surface area contributed by atoms with Crippen LogP contribution >= 0.6 is 0 Å². The number of nitrogens with zero attached hydrogens (tertiary/aromatic N) is 6. The monoisotopic (exact) mass is 457 g/mol. The van der Waals surface area contributed by atoms with E-state index in [0.29, 0.717) is 18.7 Å². The summed E-state index contributed by atoms with van der Waals surface area (Å²) >= 11 is 0. The van der Waals surface area contributed by atoms with Gasteiger partial charge in [-0.05, 0) is 56.4 Å². The largest absolute Gasteiger partial charge is 0.342 e. The summed E-state index contributed by atoms with van der Waals surface area (Å²) in [5.41, 5.74) is 1.47. The molecule has 0 radical (unpaired) electrons. The highest BCUT2D eigenvalue weighted by atomic mass is 16.2. The normalized spacial score (nSPS) is 19.1. The number of likely N-dealkylation sites (tertiary alicyclic amines) is 2. The molecule has 0 unspecified atom stereocenters. The van der Waals surface area contributed by atoms with Crippen molar-refractivity contribution in [3.8, 4) is 12.1 Å². The maximum atomic E-state index is 13.3. The number of nitrogens with one attached hydrogen (secondary N) is 1. The van der Waals surface area contributed by atoms with Crippen molar-refractivity contribution in [3.63, 3.8) is 0 Å². The van der Waals surface area contributed by atoms with Crippen molar-refractivity contribution in [2.75, 3.05) is 31.5 Å². The average Bonchev–Trinajstić information content (AvgIpc) is 3.35. The molecule has 2 saturated heterocycles. The lowest BCUT2D eigenvalue weighted by Gasteiger charge is -2.25. The van der Waals surface area contributed by atoms with E-state index >= 15 is 0 Å². The number of benzene rings is 1. The smallest absolute Gasteiger partial charge is 0.247 e. The van der Waals surface area contributed by atoms with E-state index in [2.05, 4.69) is 15.3 Å². The zero-order valence-corrected chi connectivity index (χ0v) is 19.0. The number of carbonyl (C=O) groups is 2. The highest BCUT2D eigenvalue weighted by Crippen LogP contribution is 2.21. The predicted molar refractivity (Wildman–Crippen MR) is 128 cm³/mol. The van der Waals surface area contributed by atoms with E-state index in [1.54, 1.807) is 22.1 Å². The van der Waals surface area contributed by atoms with Crippen LogP contribution < -0.4 is 5.32 Å². The van der Waals surface area contributed by atoms with Gasteiger partial charge in [0.05, 0.1) is 24.2 Å². The van der Waals surface area contributed by atoms with Crippen LogP contribution in [0.4, 0.5) is 5.69 Å². The van der Waals surface area contributed by atoms with Gasteiger partial charge in [0, 0.05) is 36.9 Å². The molecule has 2 amide bonds. The predicted octanol–water partition coefficient (Wildman–Crippen LogP) is 2.71. The Morgan fingerprint density at radius 1 is 1.15 bits per heavy atom. The highest BCUT2D eigenvalue weighted by molar-refractivity contribution is 6.03. The standard InChI is InChI=1S/C25H27N7O2/c26-15-19(16-27)24(29-20-8-9-21-18(14-20)6-5-10-28-21)30-22-7-1-2-13-32(25(22)34)17-23(33)31-11-3-4-12-31/h5-6,8-10,14,19,22H,1-4,7,11-13,17H2,(H,29,30)/t22-/m0/s1. The Balaban J connectivity index is 1.57. The first-order valence-electron chi connectivity index (χ1n) is 11.6. The quantitative estimate of drug-likeness (QED) is 0.543. The molecular weight excluding hydrogens is 430 g/mol. The first kappa shape index (κ1) is 23.2. The Labute approximate surface area is 198 Å². The van der Waals surface area contributed by atoms with Gasteiger partial charge in [0.1, 0.15) is 11.9 Å². The number of aromatic nitrogens is 1. The second kappa shape index (κ2) is 10.8. The maximum Gasteiger partial charge on any atom is 0.247 e. The maximum absolute atomic E-state index is 13.3. The van der Waals surface area contributed by atoms with E-state index in [4.69, 9.17) is 0 Å². The number of carbonyl (C=O) groups excluding carboxylic acids is 2. The van der Waals surface area contributed by atoms with Gasteiger partial charge in [-0.1, -0.05) is 6.07 Å². The molecule has 9 nitrogen and oxygen atoms in total. The zero-order valence-electron chi connectivity index (χ0n) is 19.0. The summed E-state index contributed by atoms with van der Waals surface area (Å²) < 4.78 is 0. The molecule has 174 valence electrons.